The topological polar surface area (TPSA) is 68.2 Å². The molecule has 0 aliphatic heterocycles. The lowest BCUT2D eigenvalue weighted by Gasteiger charge is -2.11. The first kappa shape index (κ1) is 17.9. The fourth-order valence-electron chi connectivity index (χ4n) is 3.02. The lowest BCUT2D eigenvalue weighted by atomic mass is 10.1. The van der Waals surface area contributed by atoms with E-state index in [1.165, 1.54) is 12.0 Å². The largest absolute Gasteiger partial charge is 0.465 e. The van der Waals surface area contributed by atoms with Gasteiger partial charge in [-0.05, 0) is 56.5 Å². The van der Waals surface area contributed by atoms with E-state index in [0.717, 1.165) is 55.0 Å². The van der Waals surface area contributed by atoms with Crippen LogP contribution in [0.4, 0.5) is 5.00 Å². The van der Waals surface area contributed by atoms with Crippen molar-refractivity contribution in [1.29, 1.82) is 0 Å². The van der Waals surface area contributed by atoms with Crippen LogP contribution in [0.5, 0.6) is 0 Å². The highest BCUT2D eigenvalue weighted by molar-refractivity contribution is 7.80. The summed E-state index contributed by atoms with van der Waals surface area (Å²) < 4.78 is 6.92. The van der Waals surface area contributed by atoms with Gasteiger partial charge in [0, 0.05) is 29.9 Å². The number of hydrogen-bond acceptors (Lipinski definition) is 5. The summed E-state index contributed by atoms with van der Waals surface area (Å²) in [6.07, 6.45) is 5.77. The molecule has 8 heteroatoms. The predicted octanol–water partition coefficient (Wildman–Crippen LogP) is 2.91. The standard InChI is InChI=1S/C17H22N4O2S2/c1-11-7-9-19-21(11)10-4-8-18-17(24)20-15-14(16(22)23-2)12-5-3-6-13(12)25-15/h7,9H,3-6,8,10H2,1-2H3,(H2,18,20,24). The van der Waals surface area contributed by atoms with Crippen molar-refractivity contribution in [1.82, 2.24) is 15.1 Å². The highest BCUT2D eigenvalue weighted by Gasteiger charge is 2.27. The number of thiophene rings is 1. The van der Waals surface area contributed by atoms with Crippen molar-refractivity contribution in [3.63, 3.8) is 0 Å². The Kier molecular flexibility index (Phi) is 5.70. The fourth-order valence-corrected chi connectivity index (χ4v) is 4.57. The molecule has 0 spiro atoms. The molecule has 6 nitrogen and oxygen atoms in total. The lowest BCUT2D eigenvalue weighted by Crippen LogP contribution is -2.30. The Balaban J connectivity index is 1.54. The second-order valence-corrected chi connectivity index (χ2v) is 7.50. The SMILES string of the molecule is COC(=O)c1c(NC(=S)NCCCn2nccc2C)sc2c1CCC2. The van der Waals surface area contributed by atoms with Crippen LogP contribution in [0.1, 0.15) is 39.3 Å². The third kappa shape index (κ3) is 4.01. The Labute approximate surface area is 156 Å². The number of rotatable bonds is 6. The molecule has 25 heavy (non-hydrogen) atoms. The van der Waals surface area contributed by atoms with Crippen molar-refractivity contribution in [2.45, 2.75) is 39.2 Å². The Morgan fingerprint density at radius 3 is 3.04 bits per heavy atom. The van der Waals surface area contributed by atoms with Crippen LogP contribution < -0.4 is 10.6 Å². The molecule has 0 aromatic carbocycles. The predicted molar refractivity (Wildman–Crippen MR) is 103 cm³/mol. The van der Waals surface area contributed by atoms with Crippen molar-refractivity contribution in [2.24, 2.45) is 0 Å². The molecule has 3 rings (SSSR count). The smallest absolute Gasteiger partial charge is 0.341 e. The van der Waals surface area contributed by atoms with Crippen molar-refractivity contribution in [3.8, 4) is 0 Å². The van der Waals surface area contributed by atoms with Gasteiger partial charge in [-0.15, -0.1) is 11.3 Å². The summed E-state index contributed by atoms with van der Waals surface area (Å²) in [4.78, 5) is 13.4. The molecule has 0 atom stereocenters. The monoisotopic (exact) mass is 378 g/mol. The number of anilines is 1. The number of hydrogen-bond donors (Lipinski definition) is 2. The van der Waals surface area contributed by atoms with E-state index in [2.05, 4.69) is 15.7 Å². The fraction of sp³-hybridized carbons (Fsp3) is 0.471. The Morgan fingerprint density at radius 2 is 2.32 bits per heavy atom. The van der Waals surface area contributed by atoms with Gasteiger partial charge < -0.3 is 15.4 Å². The van der Waals surface area contributed by atoms with Gasteiger partial charge in [-0.1, -0.05) is 0 Å². The third-order valence-electron chi connectivity index (χ3n) is 4.30. The number of carbonyl (C=O) groups is 1. The maximum atomic E-state index is 12.1. The number of carbonyl (C=O) groups excluding carboxylic acids is 1. The van der Waals surface area contributed by atoms with Gasteiger partial charge in [-0.25, -0.2) is 4.79 Å². The van der Waals surface area contributed by atoms with E-state index in [-0.39, 0.29) is 5.97 Å². The summed E-state index contributed by atoms with van der Waals surface area (Å²) in [6, 6.07) is 1.99. The molecule has 0 saturated heterocycles. The van der Waals surface area contributed by atoms with Gasteiger partial charge >= 0.3 is 5.97 Å². The number of esters is 1. The van der Waals surface area contributed by atoms with E-state index in [0.29, 0.717) is 10.7 Å². The van der Waals surface area contributed by atoms with Crippen LogP contribution in [0.3, 0.4) is 0 Å². The molecular formula is C17H22N4O2S2. The van der Waals surface area contributed by atoms with Crippen LogP contribution in [-0.4, -0.2) is 34.5 Å². The zero-order valence-electron chi connectivity index (χ0n) is 14.4. The molecule has 2 N–H and O–H groups in total. The first-order valence-corrected chi connectivity index (χ1v) is 9.58. The van der Waals surface area contributed by atoms with E-state index in [4.69, 9.17) is 17.0 Å². The van der Waals surface area contributed by atoms with Gasteiger partial charge in [0.05, 0.1) is 12.7 Å². The summed E-state index contributed by atoms with van der Waals surface area (Å²) in [5.41, 5.74) is 2.92. The normalized spacial score (nSPS) is 12.7. The number of ether oxygens (including phenoxy) is 1. The molecule has 0 unspecified atom stereocenters. The van der Waals surface area contributed by atoms with Gasteiger partial charge in [0.2, 0.25) is 0 Å². The summed E-state index contributed by atoms with van der Waals surface area (Å²) >= 11 is 6.98. The van der Waals surface area contributed by atoms with Gasteiger partial charge in [0.1, 0.15) is 5.00 Å². The van der Waals surface area contributed by atoms with E-state index in [1.807, 2.05) is 17.7 Å². The van der Waals surface area contributed by atoms with Crippen LogP contribution in [0.15, 0.2) is 12.3 Å². The van der Waals surface area contributed by atoms with E-state index in [9.17, 15) is 4.79 Å². The van der Waals surface area contributed by atoms with Gasteiger partial charge in [-0.2, -0.15) is 5.10 Å². The van der Waals surface area contributed by atoms with Crippen molar-refractivity contribution < 1.29 is 9.53 Å². The van der Waals surface area contributed by atoms with Crippen LogP contribution in [0.25, 0.3) is 0 Å². The van der Waals surface area contributed by atoms with Crippen LogP contribution in [0.2, 0.25) is 0 Å². The quantitative estimate of drug-likeness (QED) is 0.458. The average Bonchev–Trinajstić information content (AvgIpc) is 3.27. The van der Waals surface area contributed by atoms with E-state index >= 15 is 0 Å². The molecule has 0 saturated carbocycles. The molecule has 0 bridgehead atoms. The minimum absolute atomic E-state index is 0.293. The first-order chi connectivity index (χ1) is 12.1. The van der Waals surface area contributed by atoms with E-state index in [1.54, 1.807) is 17.5 Å². The highest BCUT2D eigenvalue weighted by atomic mass is 32.1. The second-order valence-electron chi connectivity index (χ2n) is 5.98. The summed E-state index contributed by atoms with van der Waals surface area (Å²) in [7, 11) is 1.42. The number of methoxy groups -OCH3 is 1. The van der Waals surface area contributed by atoms with Gasteiger partial charge in [0.25, 0.3) is 0 Å². The van der Waals surface area contributed by atoms with Crippen molar-refractivity contribution in [2.75, 3.05) is 19.0 Å². The minimum Gasteiger partial charge on any atom is -0.465 e. The van der Waals surface area contributed by atoms with E-state index < -0.39 is 0 Å². The second kappa shape index (κ2) is 7.97. The Hall–Kier alpha value is -1.93. The van der Waals surface area contributed by atoms with Crippen molar-refractivity contribution in [3.05, 3.63) is 34.0 Å². The molecule has 1 aliphatic carbocycles. The lowest BCUT2D eigenvalue weighted by molar-refractivity contribution is 0.0601. The summed E-state index contributed by atoms with van der Waals surface area (Å²) in [5.74, 6) is -0.293. The Bertz CT molecular complexity index is 782. The molecular weight excluding hydrogens is 356 g/mol. The summed E-state index contributed by atoms with van der Waals surface area (Å²) in [5, 5.41) is 11.9. The number of fused-ring (bicyclic) bond motifs is 1. The molecule has 2 heterocycles. The highest BCUT2D eigenvalue weighted by Crippen LogP contribution is 2.39. The van der Waals surface area contributed by atoms with Gasteiger partial charge in [0.15, 0.2) is 5.11 Å². The van der Waals surface area contributed by atoms with Crippen LogP contribution >= 0.6 is 23.6 Å². The Morgan fingerprint density at radius 1 is 1.48 bits per heavy atom. The number of aromatic nitrogens is 2. The molecule has 1 aliphatic rings. The molecule has 0 amide bonds. The van der Waals surface area contributed by atoms with Crippen molar-refractivity contribution >= 4 is 39.6 Å². The minimum atomic E-state index is -0.293. The maximum absolute atomic E-state index is 12.1. The maximum Gasteiger partial charge on any atom is 0.341 e. The number of thiocarbonyl (C=S) groups is 1. The van der Waals surface area contributed by atoms with Gasteiger partial charge in [-0.3, -0.25) is 4.68 Å². The molecule has 0 radical (unpaired) electrons. The first-order valence-electron chi connectivity index (χ1n) is 8.36. The zero-order chi connectivity index (χ0) is 17.8. The number of nitrogens with one attached hydrogen (secondary N) is 2. The third-order valence-corrected chi connectivity index (χ3v) is 5.75. The molecule has 2 aromatic rings. The summed E-state index contributed by atoms with van der Waals surface area (Å²) in [6.45, 7) is 3.62. The molecule has 2 aromatic heterocycles. The zero-order valence-corrected chi connectivity index (χ0v) is 16.1. The average molecular weight is 379 g/mol. The molecule has 134 valence electrons. The van der Waals surface area contributed by atoms with Crippen LogP contribution in [-0.2, 0) is 24.1 Å². The molecule has 0 fully saturated rings. The number of nitrogens with zero attached hydrogens (tertiary/aromatic N) is 2. The van der Waals surface area contributed by atoms with Crippen LogP contribution in [0, 0.1) is 6.92 Å². The number of aryl methyl sites for hydroxylation is 3.